The lowest BCUT2D eigenvalue weighted by atomic mass is 10.0. The van der Waals surface area contributed by atoms with E-state index in [9.17, 15) is 14.7 Å². The molecule has 126 valence electrons. The van der Waals surface area contributed by atoms with Crippen molar-refractivity contribution in [3.63, 3.8) is 0 Å². The average Bonchev–Trinajstić information content (AvgIpc) is 2.53. The Labute approximate surface area is 138 Å². The van der Waals surface area contributed by atoms with Crippen molar-refractivity contribution in [1.29, 1.82) is 0 Å². The van der Waals surface area contributed by atoms with Gasteiger partial charge in [-0.3, -0.25) is 10.1 Å². The SMILES string of the molecule is C[C@H](O)[C@@H](NC(=O)Nc1cc(N)c(C(N)=O)cn1)c1ccccc1. The highest BCUT2D eigenvalue weighted by atomic mass is 16.3. The van der Waals surface area contributed by atoms with Crippen LogP contribution in [0.2, 0.25) is 0 Å². The summed E-state index contributed by atoms with van der Waals surface area (Å²) >= 11 is 0. The predicted octanol–water partition coefficient (Wildman–Crippen LogP) is 1.01. The van der Waals surface area contributed by atoms with E-state index in [1.54, 1.807) is 19.1 Å². The number of aromatic nitrogens is 1. The summed E-state index contributed by atoms with van der Waals surface area (Å²) in [5.41, 5.74) is 11.8. The van der Waals surface area contributed by atoms with Crippen molar-refractivity contribution in [3.05, 3.63) is 53.7 Å². The van der Waals surface area contributed by atoms with Crippen molar-refractivity contribution < 1.29 is 14.7 Å². The van der Waals surface area contributed by atoms with Crippen LogP contribution in [0.25, 0.3) is 0 Å². The molecule has 0 unspecified atom stereocenters. The number of hydrogen-bond donors (Lipinski definition) is 5. The van der Waals surface area contributed by atoms with Crippen LogP contribution in [0.3, 0.4) is 0 Å². The van der Waals surface area contributed by atoms with Crippen LogP contribution in [0, 0.1) is 0 Å². The molecule has 7 N–H and O–H groups in total. The van der Waals surface area contributed by atoms with Gasteiger partial charge in [-0.2, -0.15) is 0 Å². The molecule has 0 radical (unpaired) electrons. The fourth-order valence-corrected chi connectivity index (χ4v) is 2.18. The largest absolute Gasteiger partial charge is 0.398 e. The van der Waals surface area contributed by atoms with Gasteiger partial charge in [-0.1, -0.05) is 30.3 Å². The summed E-state index contributed by atoms with van der Waals surface area (Å²) in [5.74, 6) is -0.540. The first-order valence-corrected chi connectivity index (χ1v) is 7.24. The summed E-state index contributed by atoms with van der Waals surface area (Å²) in [7, 11) is 0. The van der Waals surface area contributed by atoms with Gasteiger partial charge < -0.3 is 21.9 Å². The van der Waals surface area contributed by atoms with Crippen LogP contribution in [-0.2, 0) is 0 Å². The molecule has 2 atom stereocenters. The van der Waals surface area contributed by atoms with Gasteiger partial charge in [-0.05, 0) is 12.5 Å². The summed E-state index contributed by atoms with van der Waals surface area (Å²) < 4.78 is 0. The normalized spacial score (nSPS) is 12.9. The van der Waals surface area contributed by atoms with E-state index in [0.717, 1.165) is 5.56 Å². The molecule has 1 heterocycles. The number of hydrogen-bond acceptors (Lipinski definition) is 5. The van der Waals surface area contributed by atoms with Crippen molar-refractivity contribution in [2.45, 2.75) is 19.1 Å². The number of anilines is 2. The topological polar surface area (TPSA) is 143 Å². The number of primary amides is 1. The monoisotopic (exact) mass is 329 g/mol. The Balaban J connectivity index is 2.09. The number of rotatable bonds is 5. The number of carbonyl (C=O) groups excluding carboxylic acids is 2. The summed E-state index contributed by atoms with van der Waals surface area (Å²) in [6.45, 7) is 1.58. The number of carbonyl (C=O) groups is 2. The van der Waals surface area contributed by atoms with Crippen LogP contribution in [-0.4, -0.2) is 28.1 Å². The second-order valence-electron chi connectivity index (χ2n) is 5.25. The number of amides is 3. The van der Waals surface area contributed by atoms with E-state index in [4.69, 9.17) is 11.5 Å². The first kappa shape index (κ1) is 17.2. The zero-order chi connectivity index (χ0) is 17.7. The highest BCUT2D eigenvalue weighted by Crippen LogP contribution is 2.18. The molecule has 2 rings (SSSR count). The summed E-state index contributed by atoms with van der Waals surface area (Å²) in [5, 5.41) is 15.1. The lowest BCUT2D eigenvalue weighted by Gasteiger charge is -2.22. The molecule has 3 amide bonds. The van der Waals surface area contributed by atoms with E-state index in [1.807, 2.05) is 18.2 Å². The third-order valence-corrected chi connectivity index (χ3v) is 3.37. The third kappa shape index (κ3) is 4.20. The molecule has 1 aromatic heterocycles. The van der Waals surface area contributed by atoms with Gasteiger partial charge in [-0.25, -0.2) is 9.78 Å². The Morgan fingerprint density at radius 2 is 1.92 bits per heavy atom. The van der Waals surface area contributed by atoms with Gasteiger partial charge in [0.2, 0.25) is 0 Å². The van der Waals surface area contributed by atoms with Crippen LogP contribution in [0.5, 0.6) is 0 Å². The average molecular weight is 329 g/mol. The molecule has 0 bridgehead atoms. The molecule has 0 fully saturated rings. The Kier molecular flexibility index (Phi) is 5.33. The van der Waals surface area contributed by atoms with Gasteiger partial charge in [-0.15, -0.1) is 0 Å². The maximum Gasteiger partial charge on any atom is 0.320 e. The van der Waals surface area contributed by atoms with E-state index >= 15 is 0 Å². The minimum atomic E-state index is -0.798. The van der Waals surface area contributed by atoms with Crippen LogP contribution in [0.1, 0.15) is 28.9 Å². The van der Waals surface area contributed by atoms with E-state index in [-0.39, 0.29) is 17.1 Å². The quantitative estimate of drug-likeness (QED) is 0.556. The van der Waals surface area contributed by atoms with Gasteiger partial charge in [0.05, 0.1) is 17.7 Å². The number of aliphatic hydroxyl groups is 1. The molecule has 8 nitrogen and oxygen atoms in total. The molecule has 24 heavy (non-hydrogen) atoms. The maximum absolute atomic E-state index is 12.1. The molecule has 0 aliphatic carbocycles. The fraction of sp³-hybridized carbons (Fsp3) is 0.188. The molecule has 0 aliphatic rings. The number of nitrogen functional groups attached to an aromatic ring is 1. The van der Waals surface area contributed by atoms with E-state index in [2.05, 4.69) is 15.6 Å². The zero-order valence-electron chi connectivity index (χ0n) is 13.1. The van der Waals surface area contributed by atoms with Crippen LogP contribution < -0.4 is 22.1 Å². The second kappa shape index (κ2) is 7.42. The number of benzene rings is 1. The first-order chi connectivity index (χ1) is 11.4. The standard InChI is InChI=1S/C16H19N5O3/c1-9(22)14(10-5-3-2-4-6-10)21-16(24)20-13-7-12(17)11(8-19-13)15(18)23/h2-9,14,22H,1H3,(H2,18,23)(H4,17,19,20,21,24)/t9-,14+/m0/s1. The first-order valence-electron chi connectivity index (χ1n) is 7.24. The van der Waals surface area contributed by atoms with Gasteiger partial charge in [0.15, 0.2) is 0 Å². The van der Waals surface area contributed by atoms with Crippen molar-refractivity contribution >= 4 is 23.4 Å². The molecule has 0 saturated carbocycles. The number of pyridine rings is 1. The minimum Gasteiger partial charge on any atom is -0.398 e. The molecular weight excluding hydrogens is 310 g/mol. The van der Waals surface area contributed by atoms with Gasteiger partial charge in [0, 0.05) is 18.0 Å². The molecule has 1 aromatic carbocycles. The van der Waals surface area contributed by atoms with Crippen LogP contribution in [0.15, 0.2) is 42.6 Å². The smallest absolute Gasteiger partial charge is 0.320 e. The Hall–Kier alpha value is -3.13. The van der Waals surface area contributed by atoms with Gasteiger partial charge >= 0.3 is 6.03 Å². The number of aliphatic hydroxyl groups excluding tert-OH is 1. The van der Waals surface area contributed by atoms with Crippen LogP contribution >= 0.6 is 0 Å². The van der Waals surface area contributed by atoms with E-state index in [0.29, 0.717) is 0 Å². The molecule has 8 heteroatoms. The predicted molar refractivity (Wildman–Crippen MR) is 90.2 cm³/mol. The minimum absolute atomic E-state index is 0.0760. The highest BCUT2D eigenvalue weighted by Gasteiger charge is 2.20. The molecule has 0 spiro atoms. The number of nitrogens with one attached hydrogen (secondary N) is 2. The zero-order valence-corrected chi connectivity index (χ0v) is 13.1. The van der Waals surface area contributed by atoms with Gasteiger partial charge in [0.25, 0.3) is 5.91 Å². The van der Waals surface area contributed by atoms with Gasteiger partial charge in [0.1, 0.15) is 5.82 Å². The van der Waals surface area contributed by atoms with Crippen molar-refractivity contribution in [3.8, 4) is 0 Å². The maximum atomic E-state index is 12.1. The van der Waals surface area contributed by atoms with E-state index in [1.165, 1.54) is 12.3 Å². The second-order valence-corrected chi connectivity index (χ2v) is 5.25. The Morgan fingerprint density at radius 3 is 2.46 bits per heavy atom. The number of nitrogens with zero attached hydrogens (tertiary/aromatic N) is 1. The Bertz CT molecular complexity index is 734. The van der Waals surface area contributed by atoms with Crippen molar-refractivity contribution in [1.82, 2.24) is 10.3 Å². The third-order valence-electron chi connectivity index (χ3n) is 3.37. The number of nitrogens with two attached hydrogens (primary N) is 2. The fourth-order valence-electron chi connectivity index (χ4n) is 2.18. The summed E-state index contributed by atoms with van der Waals surface area (Å²) in [6, 6.07) is 9.25. The molecule has 2 aromatic rings. The highest BCUT2D eigenvalue weighted by molar-refractivity contribution is 5.98. The van der Waals surface area contributed by atoms with Crippen molar-refractivity contribution in [2.75, 3.05) is 11.1 Å². The van der Waals surface area contributed by atoms with Crippen LogP contribution in [0.4, 0.5) is 16.3 Å². The summed E-state index contributed by atoms with van der Waals surface area (Å²) in [6.07, 6.45) is 0.393. The van der Waals surface area contributed by atoms with E-state index < -0.39 is 24.1 Å². The lowest BCUT2D eigenvalue weighted by molar-refractivity contribution is 0.100. The lowest BCUT2D eigenvalue weighted by Crippen LogP contribution is -2.38. The molecule has 0 aliphatic heterocycles. The molecular formula is C16H19N5O3. The Morgan fingerprint density at radius 1 is 1.25 bits per heavy atom. The van der Waals surface area contributed by atoms with Crippen molar-refractivity contribution in [2.24, 2.45) is 5.73 Å². The summed E-state index contributed by atoms with van der Waals surface area (Å²) in [4.78, 5) is 27.1. The molecule has 0 saturated heterocycles. The number of urea groups is 1.